The predicted octanol–water partition coefficient (Wildman–Crippen LogP) is 6.31. The van der Waals surface area contributed by atoms with Gasteiger partial charge in [0, 0.05) is 22.8 Å². The minimum atomic E-state index is -0.0852. The van der Waals surface area contributed by atoms with Crippen LogP contribution in [0.15, 0.2) is 34.4 Å². The van der Waals surface area contributed by atoms with E-state index in [4.69, 9.17) is 19.7 Å². The Morgan fingerprint density at radius 3 is 2.79 bits per heavy atom. The van der Waals surface area contributed by atoms with Crippen LogP contribution in [-0.4, -0.2) is 40.0 Å². The molecule has 6 nitrogen and oxygen atoms in total. The predicted molar refractivity (Wildman–Crippen MR) is 143 cm³/mol. The molecule has 0 aliphatic heterocycles. The van der Waals surface area contributed by atoms with Gasteiger partial charge < -0.3 is 10.1 Å². The van der Waals surface area contributed by atoms with Crippen molar-refractivity contribution in [3.63, 3.8) is 0 Å². The molecule has 3 aromatic heterocycles. The third-order valence-corrected chi connectivity index (χ3v) is 8.67. The number of carbonyl (C=O) groups is 1. The van der Waals surface area contributed by atoms with Crippen LogP contribution in [0.25, 0.3) is 20.4 Å². The maximum absolute atomic E-state index is 12.7. The number of anilines is 1. The zero-order valence-electron chi connectivity index (χ0n) is 19.6. The fraction of sp³-hybridized carbons (Fsp3) is 0.360. The summed E-state index contributed by atoms with van der Waals surface area (Å²) in [5.74, 6) is 1.27. The van der Waals surface area contributed by atoms with E-state index < -0.39 is 0 Å². The number of aromatic nitrogens is 3. The smallest absolute Gasteiger partial charge is 0.234 e. The monoisotopic (exact) mass is 510 g/mol. The molecule has 1 aliphatic carbocycles. The number of methoxy groups -OCH3 is 1. The zero-order chi connectivity index (χ0) is 23.8. The van der Waals surface area contributed by atoms with Gasteiger partial charge in [-0.05, 0) is 54.7 Å². The molecule has 0 unspecified atom stereocenters. The molecule has 9 heteroatoms. The van der Waals surface area contributed by atoms with Gasteiger partial charge in [-0.2, -0.15) is 0 Å². The average Bonchev–Trinajstić information content (AvgIpc) is 3.46. The molecule has 3 heterocycles. The van der Waals surface area contributed by atoms with E-state index >= 15 is 0 Å². The molecule has 1 aliphatic rings. The highest BCUT2D eigenvalue weighted by Crippen LogP contribution is 2.43. The molecule has 0 spiro atoms. The second-order valence-electron chi connectivity index (χ2n) is 8.51. The number of benzene rings is 1. The normalized spacial score (nSPS) is 13.1. The van der Waals surface area contributed by atoms with Crippen LogP contribution in [0.5, 0.6) is 5.75 Å². The summed E-state index contributed by atoms with van der Waals surface area (Å²) in [6.07, 6.45) is 5.32. The Balaban J connectivity index is 1.50. The van der Waals surface area contributed by atoms with Crippen LogP contribution < -0.4 is 10.1 Å². The number of pyridine rings is 1. The number of ether oxygens (including phenoxy) is 1. The Morgan fingerprint density at radius 2 is 2.03 bits per heavy atom. The van der Waals surface area contributed by atoms with E-state index in [1.54, 1.807) is 18.4 Å². The number of thiophene rings is 1. The van der Waals surface area contributed by atoms with Crippen molar-refractivity contribution in [2.75, 3.05) is 24.4 Å². The fourth-order valence-corrected chi connectivity index (χ4v) is 6.93. The van der Waals surface area contributed by atoms with Gasteiger partial charge in [0.1, 0.15) is 15.6 Å². The number of hydrogen-bond acceptors (Lipinski definition) is 8. The number of thioether (sulfide) groups is 2. The zero-order valence-corrected chi connectivity index (χ0v) is 22.0. The third-order valence-electron chi connectivity index (χ3n) is 5.94. The van der Waals surface area contributed by atoms with Gasteiger partial charge in [0.15, 0.2) is 5.16 Å². The first-order valence-corrected chi connectivity index (χ1v) is 14.3. The molecule has 1 amide bonds. The van der Waals surface area contributed by atoms with Gasteiger partial charge in [0.05, 0.1) is 23.1 Å². The van der Waals surface area contributed by atoms with Crippen molar-refractivity contribution in [2.24, 2.45) is 0 Å². The highest BCUT2D eigenvalue weighted by Gasteiger charge is 2.26. The maximum Gasteiger partial charge on any atom is 0.234 e. The molecule has 0 atom stereocenters. The first-order valence-electron chi connectivity index (χ1n) is 11.2. The number of amides is 1. The van der Waals surface area contributed by atoms with Crippen molar-refractivity contribution in [3.8, 4) is 5.75 Å². The topological polar surface area (TPSA) is 77.0 Å². The molecule has 0 fully saturated rings. The first kappa shape index (κ1) is 23.4. The summed E-state index contributed by atoms with van der Waals surface area (Å²) in [6, 6.07) is 7.36. The van der Waals surface area contributed by atoms with Crippen LogP contribution in [0.1, 0.15) is 43.0 Å². The number of nitrogens with one attached hydrogen (secondary N) is 1. The Kier molecular flexibility index (Phi) is 6.68. The molecule has 1 N–H and O–H groups in total. The van der Waals surface area contributed by atoms with Crippen molar-refractivity contribution in [1.82, 2.24) is 15.0 Å². The minimum absolute atomic E-state index is 0.0852. The lowest BCUT2D eigenvalue weighted by Gasteiger charge is -2.12. The largest absolute Gasteiger partial charge is 0.497 e. The minimum Gasteiger partial charge on any atom is -0.497 e. The number of fused-ring (bicyclic) bond motifs is 5. The van der Waals surface area contributed by atoms with Gasteiger partial charge >= 0.3 is 0 Å². The van der Waals surface area contributed by atoms with Crippen LogP contribution >= 0.6 is 34.9 Å². The molecule has 0 bridgehead atoms. The number of hydrogen-bond donors (Lipinski definition) is 1. The third kappa shape index (κ3) is 4.36. The van der Waals surface area contributed by atoms with E-state index in [0.29, 0.717) is 17.4 Å². The molecule has 1 aromatic carbocycles. The Hall–Kier alpha value is -2.36. The highest BCUT2D eigenvalue weighted by atomic mass is 32.2. The lowest BCUT2D eigenvalue weighted by atomic mass is 9.99. The summed E-state index contributed by atoms with van der Waals surface area (Å²) in [6.45, 7) is 4.43. The van der Waals surface area contributed by atoms with E-state index in [2.05, 4.69) is 19.2 Å². The van der Waals surface area contributed by atoms with Crippen molar-refractivity contribution >= 4 is 66.9 Å². The van der Waals surface area contributed by atoms with Crippen LogP contribution in [0.3, 0.4) is 0 Å². The van der Waals surface area contributed by atoms with Gasteiger partial charge in [-0.15, -0.1) is 11.3 Å². The van der Waals surface area contributed by atoms with E-state index in [-0.39, 0.29) is 11.7 Å². The summed E-state index contributed by atoms with van der Waals surface area (Å²) < 4.78 is 6.27. The Bertz CT molecular complexity index is 1400. The van der Waals surface area contributed by atoms with Crippen LogP contribution in [-0.2, 0) is 17.6 Å². The molecule has 176 valence electrons. The van der Waals surface area contributed by atoms with Gasteiger partial charge in [0.25, 0.3) is 0 Å². The van der Waals surface area contributed by atoms with Crippen LogP contribution in [0, 0.1) is 0 Å². The lowest BCUT2D eigenvalue weighted by Crippen LogP contribution is -2.14. The SMILES string of the molecule is COc1cccc(NC(=O)CSc2nc(SC)nc3c2sc2nc(C(C)C)c4c(c23)CCC4)c1. The first-order chi connectivity index (χ1) is 16.5. The number of rotatable bonds is 7. The van der Waals surface area contributed by atoms with E-state index in [0.717, 1.165) is 38.1 Å². The second-order valence-corrected chi connectivity index (χ2v) is 11.2. The molecule has 5 rings (SSSR count). The van der Waals surface area contributed by atoms with Crippen molar-refractivity contribution < 1.29 is 9.53 Å². The van der Waals surface area contributed by atoms with Crippen molar-refractivity contribution in [2.45, 2.75) is 49.2 Å². The number of carbonyl (C=O) groups excluding carboxylic acids is 1. The fourth-order valence-electron chi connectivity index (χ4n) is 4.45. The van der Waals surface area contributed by atoms with Crippen LogP contribution in [0.2, 0.25) is 0 Å². The van der Waals surface area contributed by atoms with E-state index in [1.807, 2.05) is 30.5 Å². The Labute approximate surface area is 211 Å². The number of aryl methyl sites for hydroxylation is 1. The molecular weight excluding hydrogens is 485 g/mol. The van der Waals surface area contributed by atoms with E-state index in [9.17, 15) is 4.79 Å². The Morgan fingerprint density at radius 1 is 1.21 bits per heavy atom. The van der Waals surface area contributed by atoms with E-state index in [1.165, 1.54) is 52.2 Å². The summed E-state index contributed by atoms with van der Waals surface area (Å²) in [4.78, 5) is 28.5. The summed E-state index contributed by atoms with van der Waals surface area (Å²) >= 11 is 4.63. The van der Waals surface area contributed by atoms with Gasteiger partial charge in [-0.25, -0.2) is 15.0 Å². The number of nitrogens with zero attached hydrogens (tertiary/aromatic N) is 3. The summed E-state index contributed by atoms with van der Waals surface area (Å²) in [7, 11) is 1.61. The second kappa shape index (κ2) is 9.71. The summed E-state index contributed by atoms with van der Waals surface area (Å²) in [5, 5.41) is 5.71. The standard InChI is InChI=1S/C25H26N4O2S3/c1-13(2)20-17-10-6-9-16(17)19-21-22(34-23(19)27-20)24(29-25(28-21)32-4)33-12-18(30)26-14-7-5-8-15(11-14)31-3/h5,7-8,11,13H,6,9-10,12H2,1-4H3,(H,26,30). The maximum atomic E-state index is 12.7. The van der Waals surface area contributed by atoms with Gasteiger partial charge in [0.2, 0.25) is 5.91 Å². The quantitative estimate of drug-likeness (QED) is 0.177. The molecule has 0 saturated carbocycles. The molecule has 34 heavy (non-hydrogen) atoms. The molecular formula is C25H26N4O2S3. The van der Waals surface area contributed by atoms with Crippen molar-refractivity contribution in [3.05, 3.63) is 41.1 Å². The molecule has 0 radical (unpaired) electrons. The van der Waals surface area contributed by atoms with Gasteiger partial charge in [-0.1, -0.05) is 43.4 Å². The van der Waals surface area contributed by atoms with Gasteiger partial charge in [-0.3, -0.25) is 4.79 Å². The molecule has 0 saturated heterocycles. The lowest BCUT2D eigenvalue weighted by molar-refractivity contribution is -0.113. The summed E-state index contributed by atoms with van der Waals surface area (Å²) in [5.41, 5.74) is 5.74. The highest BCUT2D eigenvalue weighted by molar-refractivity contribution is 8.00. The van der Waals surface area contributed by atoms with Crippen LogP contribution in [0.4, 0.5) is 5.69 Å². The molecule has 4 aromatic rings. The average molecular weight is 511 g/mol. The van der Waals surface area contributed by atoms with Crippen molar-refractivity contribution in [1.29, 1.82) is 0 Å².